The third-order valence-electron chi connectivity index (χ3n) is 4.95. The lowest BCUT2D eigenvalue weighted by molar-refractivity contribution is 0.0835. The molecule has 1 aliphatic rings. The maximum atomic E-state index is 12.8. The zero-order valence-electron chi connectivity index (χ0n) is 18.1. The molecule has 0 aliphatic carbocycles. The third-order valence-corrected chi connectivity index (χ3v) is 5.77. The van der Waals surface area contributed by atoms with Gasteiger partial charge in [-0.25, -0.2) is 0 Å². The fourth-order valence-corrected chi connectivity index (χ4v) is 3.95. The number of halogens is 1. The average molecular weight is 469 g/mol. The van der Waals surface area contributed by atoms with Gasteiger partial charge in [0.1, 0.15) is 12.7 Å². The van der Waals surface area contributed by atoms with Crippen LogP contribution in [-0.4, -0.2) is 65.3 Å². The fourth-order valence-electron chi connectivity index (χ4n) is 3.27. The number of ether oxygens (including phenoxy) is 2. The molecule has 1 fully saturated rings. The lowest BCUT2D eigenvalue weighted by atomic mass is 9.82. The molecular formula is C21H29ClN4O4S. The molecule has 0 spiro atoms. The number of aromatic nitrogens is 2. The number of aliphatic hydroxyl groups excluding tert-OH is 1. The number of hydrogen-bond acceptors (Lipinski definition) is 8. The number of amides is 1. The summed E-state index contributed by atoms with van der Waals surface area (Å²) in [4.78, 5) is 14.8. The van der Waals surface area contributed by atoms with E-state index in [0.717, 1.165) is 35.9 Å². The quantitative estimate of drug-likeness (QED) is 0.574. The largest absolute Gasteiger partial charge is 0.472 e. The normalized spacial score (nSPS) is 15.6. The Morgan fingerprint density at radius 2 is 2.10 bits per heavy atom. The predicted molar refractivity (Wildman–Crippen MR) is 121 cm³/mol. The number of carbonyl (C=O) groups excluding carboxylic acids is 1. The molecular weight excluding hydrogens is 440 g/mol. The Morgan fingerprint density at radius 3 is 2.77 bits per heavy atom. The van der Waals surface area contributed by atoms with E-state index in [9.17, 15) is 9.90 Å². The number of nitrogens with one attached hydrogen (secondary N) is 1. The van der Waals surface area contributed by atoms with Gasteiger partial charge in [-0.1, -0.05) is 32.9 Å². The highest BCUT2D eigenvalue weighted by Crippen LogP contribution is 2.28. The van der Waals surface area contributed by atoms with Crippen LogP contribution in [0.25, 0.3) is 0 Å². The summed E-state index contributed by atoms with van der Waals surface area (Å²) in [7, 11) is 0. The van der Waals surface area contributed by atoms with Crippen molar-refractivity contribution in [2.75, 3.05) is 44.4 Å². The van der Waals surface area contributed by atoms with Gasteiger partial charge in [-0.3, -0.25) is 4.79 Å². The first-order chi connectivity index (χ1) is 14.8. The topological polar surface area (TPSA) is 96.8 Å². The van der Waals surface area contributed by atoms with Gasteiger partial charge in [0.05, 0.1) is 24.9 Å². The molecule has 31 heavy (non-hydrogen) atoms. The maximum absolute atomic E-state index is 12.8. The molecule has 3 rings (SSSR count). The Labute approximate surface area is 191 Å². The molecule has 1 amide bonds. The summed E-state index contributed by atoms with van der Waals surface area (Å²) in [6.45, 7) is 8.92. The van der Waals surface area contributed by atoms with Crippen molar-refractivity contribution in [3.63, 3.8) is 0 Å². The number of aliphatic hydroxyl groups is 1. The van der Waals surface area contributed by atoms with Gasteiger partial charge >= 0.3 is 0 Å². The highest BCUT2D eigenvalue weighted by Gasteiger charge is 2.23. The molecule has 0 unspecified atom stereocenters. The Morgan fingerprint density at radius 1 is 1.35 bits per heavy atom. The van der Waals surface area contributed by atoms with Crippen molar-refractivity contribution in [3.8, 4) is 5.88 Å². The smallest absolute Gasteiger partial charge is 0.270 e. The Kier molecular flexibility index (Phi) is 8.10. The molecule has 0 bridgehead atoms. The number of hydrogen-bond donors (Lipinski definition) is 2. The zero-order valence-corrected chi connectivity index (χ0v) is 19.6. The molecule has 8 nitrogen and oxygen atoms in total. The van der Waals surface area contributed by atoms with Gasteiger partial charge in [-0.15, -0.1) is 16.0 Å². The number of anilines is 1. The molecule has 1 aliphatic heterocycles. The Bertz CT molecular complexity index is 881. The third kappa shape index (κ3) is 6.29. The van der Waals surface area contributed by atoms with E-state index in [-0.39, 0.29) is 24.5 Å². The minimum absolute atomic E-state index is 0.000344. The molecule has 0 saturated carbocycles. The first-order valence-electron chi connectivity index (χ1n) is 10.2. The summed E-state index contributed by atoms with van der Waals surface area (Å²) in [5.74, 6) is 1.20. The molecule has 1 saturated heterocycles. The van der Waals surface area contributed by atoms with Crippen molar-refractivity contribution >= 4 is 35.1 Å². The monoisotopic (exact) mass is 468 g/mol. The van der Waals surface area contributed by atoms with Crippen LogP contribution in [-0.2, 0) is 16.0 Å². The van der Waals surface area contributed by atoms with E-state index in [2.05, 4.69) is 19.0 Å². The summed E-state index contributed by atoms with van der Waals surface area (Å²) >= 11 is 7.02. The number of nitrogens with zero attached hydrogens (tertiary/aromatic N) is 3. The molecule has 170 valence electrons. The SMILES string of the molecule is CC(C)(C)c1cc(CCl)ccc1C(=O)NC[C@H](O)COc1nsnc1N1CCOCC1. The van der Waals surface area contributed by atoms with E-state index in [0.29, 0.717) is 36.4 Å². The van der Waals surface area contributed by atoms with Gasteiger partial charge in [0, 0.05) is 31.1 Å². The minimum Gasteiger partial charge on any atom is -0.472 e. The van der Waals surface area contributed by atoms with E-state index >= 15 is 0 Å². The second-order valence-corrected chi connectivity index (χ2v) is 9.23. The summed E-state index contributed by atoms with van der Waals surface area (Å²) in [6.07, 6.45) is -0.886. The Hall–Kier alpha value is -1.94. The number of morpholine rings is 1. The number of alkyl halides is 1. The molecule has 0 radical (unpaired) electrons. The van der Waals surface area contributed by atoms with Crippen LogP contribution in [0.3, 0.4) is 0 Å². The van der Waals surface area contributed by atoms with Crippen molar-refractivity contribution in [1.82, 2.24) is 14.1 Å². The van der Waals surface area contributed by atoms with Crippen molar-refractivity contribution in [3.05, 3.63) is 34.9 Å². The summed E-state index contributed by atoms with van der Waals surface area (Å²) < 4.78 is 19.5. The first-order valence-corrected chi connectivity index (χ1v) is 11.5. The van der Waals surface area contributed by atoms with Gasteiger partial charge in [0.15, 0.2) is 0 Å². The summed E-state index contributed by atoms with van der Waals surface area (Å²) in [5.41, 5.74) is 2.24. The second-order valence-electron chi connectivity index (χ2n) is 8.43. The van der Waals surface area contributed by atoms with Gasteiger partial charge < -0.3 is 24.8 Å². The molecule has 2 heterocycles. The average Bonchev–Trinajstić information content (AvgIpc) is 3.24. The highest BCUT2D eigenvalue weighted by atomic mass is 35.5. The van der Waals surface area contributed by atoms with Crippen LogP contribution in [0, 0.1) is 0 Å². The zero-order chi connectivity index (χ0) is 22.4. The van der Waals surface area contributed by atoms with Crippen molar-refractivity contribution in [2.45, 2.75) is 38.2 Å². The van der Waals surface area contributed by atoms with Crippen molar-refractivity contribution in [1.29, 1.82) is 0 Å². The minimum atomic E-state index is -0.886. The standard InChI is InChI=1S/C21H29ClN4O4S/c1-21(2,3)17-10-14(11-22)4-5-16(17)19(28)23-12-15(27)13-30-20-18(24-31-25-20)26-6-8-29-9-7-26/h4-5,10,15,27H,6-9,11-13H2,1-3H3,(H,23,28)/t15-/m0/s1. The molecule has 2 N–H and O–H groups in total. The highest BCUT2D eigenvalue weighted by molar-refractivity contribution is 6.99. The molecule has 10 heteroatoms. The van der Waals surface area contributed by atoms with E-state index in [4.69, 9.17) is 21.1 Å². The van der Waals surface area contributed by atoms with Gasteiger partial charge in [-0.2, -0.15) is 4.37 Å². The lowest BCUT2D eigenvalue weighted by Gasteiger charge is -2.27. The van der Waals surface area contributed by atoms with Crippen LogP contribution < -0.4 is 15.0 Å². The second kappa shape index (κ2) is 10.6. The Balaban J connectivity index is 1.55. The summed E-state index contributed by atoms with van der Waals surface area (Å²) in [5, 5.41) is 13.1. The molecule has 2 aromatic rings. The number of carbonyl (C=O) groups is 1. The van der Waals surface area contributed by atoms with Gasteiger partial charge in [0.25, 0.3) is 11.8 Å². The number of rotatable bonds is 8. The fraction of sp³-hybridized carbons (Fsp3) is 0.571. The van der Waals surface area contributed by atoms with E-state index < -0.39 is 6.10 Å². The van der Waals surface area contributed by atoms with E-state index in [1.807, 2.05) is 32.9 Å². The van der Waals surface area contributed by atoms with Crippen molar-refractivity contribution in [2.24, 2.45) is 0 Å². The van der Waals surface area contributed by atoms with Crippen LogP contribution in [0.15, 0.2) is 18.2 Å². The lowest BCUT2D eigenvalue weighted by Crippen LogP contribution is -2.37. The molecule has 1 atom stereocenters. The van der Waals surface area contributed by atoms with Crippen LogP contribution in [0.1, 0.15) is 42.3 Å². The van der Waals surface area contributed by atoms with Crippen LogP contribution >= 0.6 is 23.3 Å². The first kappa shape index (κ1) is 23.7. The summed E-state index contributed by atoms with van der Waals surface area (Å²) in [6, 6.07) is 5.59. The maximum Gasteiger partial charge on any atom is 0.270 e. The molecule has 1 aromatic heterocycles. The van der Waals surface area contributed by atoms with Crippen molar-refractivity contribution < 1.29 is 19.4 Å². The predicted octanol–water partition coefficient (Wildman–Crippen LogP) is 2.58. The number of benzene rings is 1. The van der Waals surface area contributed by atoms with Crippen LogP contribution in [0.4, 0.5) is 5.82 Å². The van der Waals surface area contributed by atoms with E-state index in [1.54, 1.807) is 6.07 Å². The van der Waals surface area contributed by atoms with Crippen LogP contribution in [0.5, 0.6) is 5.88 Å². The van der Waals surface area contributed by atoms with E-state index in [1.165, 1.54) is 0 Å². The van der Waals surface area contributed by atoms with Crippen LogP contribution in [0.2, 0.25) is 0 Å². The van der Waals surface area contributed by atoms with Gasteiger partial charge in [-0.05, 0) is 22.6 Å². The molecule has 1 aromatic carbocycles. The van der Waals surface area contributed by atoms with Gasteiger partial charge in [0.2, 0.25) is 5.82 Å².